The molecule has 0 bridgehead atoms. The molecule has 0 atom stereocenters. The van der Waals surface area contributed by atoms with Crippen LogP contribution in [0.4, 0.5) is 0 Å². The van der Waals surface area contributed by atoms with Crippen molar-refractivity contribution in [1.29, 1.82) is 0 Å². The third-order valence-electron chi connectivity index (χ3n) is 5.70. The zero-order valence-corrected chi connectivity index (χ0v) is 19.8. The summed E-state index contributed by atoms with van der Waals surface area (Å²) in [6, 6.07) is 8.50. The van der Waals surface area contributed by atoms with Gasteiger partial charge in [0.05, 0.1) is 4.91 Å². The Morgan fingerprint density at radius 3 is 2.73 bits per heavy atom. The molecule has 1 fully saturated rings. The van der Waals surface area contributed by atoms with Gasteiger partial charge in [-0.15, -0.1) is 11.8 Å². The van der Waals surface area contributed by atoms with Gasteiger partial charge in [0.15, 0.2) is 0 Å². The predicted molar refractivity (Wildman–Crippen MR) is 129 cm³/mol. The van der Waals surface area contributed by atoms with Crippen molar-refractivity contribution in [1.82, 2.24) is 4.90 Å². The van der Waals surface area contributed by atoms with Crippen LogP contribution in [0.2, 0.25) is 13.1 Å². The molecule has 30 heavy (non-hydrogen) atoms. The van der Waals surface area contributed by atoms with Crippen LogP contribution in [0.5, 0.6) is 0 Å². The fraction of sp³-hybridized carbons (Fsp3) is 0.375. The van der Waals surface area contributed by atoms with Crippen molar-refractivity contribution < 1.29 is 9.59 Å². The zero-order chi connectivity index (χ0) is 21.7. The SMILES string of the molecule is C=C1/C=C(/C(=O)N2CCC(c3cccc(CN)c3)CC2)SC/C=C\C=C1[Si](C)(C)O. The molecule has 0 radical (unpaired) electrons. The molecule has 0 saturated carbocycles. The van der Waals surface area contributed by atoms with Crippen LogP contribution in [-0.4, -0.2) is 42.8 Å². The van der Waals surface area contributed by atoms with Crippen LogP contribution in [0.25, 0.3) is 0 Å². The highest BCUT2D eigenvalue weighted by Crippen LogP contribution is 2.32. The second kappa shape index (κ2) is 9.96. The van der Waals surface area contributed by atoms with Gasteiger partial charge in [0.2, 0.25) is 8.32 Å². The first-order valence-corrected chi connectivity index (χ1v) is 14.4. The number of carbonyl (C=O) groups excluding carboxylic acids is 1. The molecular formula is C24H32N2O2SSi. The Bertz CT molecular complexity index is 891. The third kappa shape index (κ3) is 5.63. The minimum Gasteiger partial charge on any atom is -0.428 e. The molecule has 0 aromatic heterocycles. The van der Waals surface area contributed by atoms with Crippen molar-refractivity contribution in [2.24, 2.45) is 5.73 Å². The Morgan fingerprint density at radius 1 is 1.33 bits per heavy atom. The molecule has 1 aromatic rings. The lowest BCUT2D eigenvalue weighted by Gasteiger charge is -2.33. The standard InChI is InChI=1S/C24H32N2O2SSi/c1-18-15-22(29-14-5-4-9-23(18)30(2,3)28)24(27)26-12-10-20(11-13-26)21-8-6-7-19(16-21)17-25/h4-9,15-16,20,28H,1,10-14,17,25H2,2-3H3/b5-4-,22-15-,23-9?. The van der Waals surface area contributed by atoms with E-state index in [9.17, 15) is 9.59 Å². The van der Waals surface area contributed by atoms with Crippen LogP contribution in [0.15, 0.2) is 70.8 Å². The number of amides is 1. The third-order valence-corrected chi connectivity index (χ3v) is 8.46. The minimum absolute atomic E-state index is 0.0716. The number of benzene rings is 1. The molecule has 0 spiro atoms. The summed E-state index contributed by atoms with van der Waals surface area (Å²) in [6.07, 6.45) is 9.72. The highest BCUT2D eigenvalue weighted by atomic mass is 32.2. The Labute approximate surface area is 185 Å². The van der Waals surface area contributed by atoms with E-state index in [1.165, 1.54) is 17.3 Å². The Hall–Kier alpha value is -1.86. The lowest BCUT2D eigenvalue weighted by atomic mass is 9.88. The first-order chi connectivity index (χ1) is 14.3. The number of nitrogens with zero attached hydrogens (tertiary/aromatic N) is 1. The number of hydrogen-bond donors (Lipinski definition) is 2. The van der Waals surface area contributed by atoms with Crippen molar-refractivity contribution in [2.75, 3.05) is 18.8 Å². The van der Waals surface area contributed by atoms with Crippen molar-refractivity contribution in [2.45, 2.75) is 38.4 Å². The van der Waals surface area contributed by atoms with Crippen LogP contribution < -0.4 is 5.73 Å². The van der Waals surface area contributed by atoms with Crippen molar-refractivity contribution in [3.05, 3.63) is 82.0 Å². The van der Waals surface area contributed by atoms with Crippen molar-refractivity contribution in [3.8, 4) is 0 Å². The topological polar surface area (TPSA) is 66.6 Å². The highest BCUT2D eigenvalue weighted by Gasteiger charge is 2.28. The van der Waals surface area contributed by atoms with Gasteiger partial charge in [0.1, 0.15) is 0 Å². The van der Waals surface area contributed by atoms with Crippen LogP contribution in [0.1, 0.15) is 29.9 Å². The summed E-state index contributed by atoms with van der Waals surface area (Å²) in [4.78, 5) is 26.5. The Balaban J connectivity index is 1.70. The smallest absolute Gasteiger partial charge is 0.260 e. The van der Waals surface area contributed by atoms with E-state index in [-0.39, 0.29) is 5.91 Å². The quantitative estimate of drug-likeness (QED) is 0.687. The Morgan fingerprint density at radius 2 is 2.07 bits per heavy atom. The van der Waals surface area contributed by atoms with Crippen molar-refractivity contribution in [3.63, 3.8) is 0 Å². The molecule has 3 rings (SSSR count). The number of rotatable bonds is 4. The van der Waals surface area contributed by atoms with E-state index in [4.69, 9.17) is 5.73 Å². The summed E-state index contributed by atoms with van der Waals surface area (Å²) in [5.41, 5.74) is 9.01. The fourth-order valence-electron chi connectivity index (χ4n) is 4.01. The van der Waals surface area contributed by atoms with Crippen LogP contribution in [-0.2, 0) is 11.3 Å². The van der Waals surface area contributed by atoms with Gasteiger partial charge in [0, 0.05) is 25.4 Å². The van der Waals surface area contributed by atoms with Gasteiger partial charge in [0.25, 0.3) is 5.91 Å². The van der Waals surface area contributed by atoms with E-state index in [0.29, 0.717) is 17.4 Å². The van der Waals surface area contributed by atoms with E-state index in [0.717, 1.165) is 48.0 Å². The maximum absolute atomic E-state index is 13.3. The number of likely N-dealkylation sites (tertiary alicyclic amines) is 1. The normalized spacial score (nSPS) is 21.7. The van der Waals surface area contributed by atoms with E-state index in [1.807, 2.05) is 42.3 Å². The molecular weight excluding hydrogens is 408 g/mol. The predicted octanol–water partition coefficient (Wildman–Crippen LogP) is 4.26. The summed E-state index contributed by atoms with van der Waals surface area (Å²) in [5.74, 6) is 1.27. The average Bonchev–Trinajstić information content (AvgIpc) is 2.83. The molecule has 2 aliphatic rings. The van der Waals surface area contributed by atoms with E-state index in [1.54, 1.807) is 0 Å². The van der Waals surface area contributed by atoms with Gasteiger partial charge in [-0.25, -0.2) is 0 Å². The van der Waals surface area contributed by atoms with Crippen LogP contribution in [0, 0.1) is 0 Å². The largest absolute Gasteiger partial charge is 0.428 e. The number of piperidine rings is 1. The summed E-state index contributed by atoms with van der Waals surface area (Å²) >= 11 is 1.54. The molecule has 3 N–H and O–H groups in total. The summed E-state index contributed by atoms with van der Waals surface area (Å²) in [7, 11) is -2.53. The van der Waals surface area contributed by atoms with Crippen LogP contribution >= 0.6 is 11.8 Å². The average molecular weight is 441 g/mol. The lowest BCUT2D eigenvalue weighted by molar-refractivity contribution is -0.127. The van der Waals surface area contributed by atoms with Gasteiger partial charge in [-0.05, 0) is 59.8 Å². The minimum atomic E-state index is -2.53. The fourth-order valence-corrected chi connectivity index (χ4v) is 6.24. The van der Waals surface area contributed by atoms with Gasteiger partial charge in [-0.2, -0.15) is 0 Å². The zero-order valence-electron chi connectivity index (χ0n) is 17.9. The van der Waals surface area contributed by atoms with E-state index in [2.05, 4.69) is 30.8 Å². The second-order valence-corrected chi connectivity index (χ2v) is 13.1. The molecule has 1 amide bonds. The molecule has 2 heterocycles. The highest BCUT2D eigenvalue weighted by molar-refractivity contribution is 8.04. The molecule has 1 saturated heterocycles. The first kappa shape index (κ1) is 22.8. The van der Waals surface area contributed by atoms with Crippen molar-refractivity contribution >= 4 is 26.0 Å². The second-order valence-electron chi connectivity index (χ2n) is 8.43. The molecule has 6 heteroatoms. The number of thioether (sulfide) groups is 1. The molecule has 0 aliphatic carbocycles. The molecule has 1 aromatic carbocycles. The monoisotopic (exact) mass is 440 g/mol. The van der Waals surface area contributed by atoms with Gasteiger partial charge in [-0.3, -0.25) is 4.79 Å². The number of carbonyl (C=O) groups is 1. The maximum atomic E-state index is 13.3. The lowest BCUT2D eigenvalue weighted by Crippen LogP contribution is -2.38. The van der Waals surface area contributed by atoms with Gasteiger partial charge >= 0.3 is 0 Å². The molecule has 160 valence electrons. The maximum Gasteiger partial charge on any atom is 0.260 e. The number of hydrogen-bond acceptors (Lipinski definition) is 4. The van der Waals surface area contributed by atoms with E-state index < -0.39 is 8.32 Å². The number of nitrogens with two attached hydrogens (primary N) is 1. The van der Waals surface area contributed by atoms with E-state index >= 15 is 0 Å². The summed E-state index contributed by atoms with van der Waals surface area (Å²) in [6.45, 7) is 9.96. The summed E-state index contributed by atoms with van der Waals surface area (Å²) < 4.78 is 0. The van der Waals surface area contributed by atoms with Gasteiger partial charge in [-0.1, -0.05) is 49.1 Å². The first-order valence-electron chi connectivity index (χ1n) is 10.5. The molecule has 0 unspecified atom stereocenters. The molecule has 2 aliphatic heterocycles. The summed E-state index contributed by atoms with van der Waals surface area (Å²) in [5, 5.41) is 0.866. The Kier molecular flexibility index (Phi) is 7.58. The molecule has 4 nitrogen and oxygen atoms in total. The van der Waals surface area contributed by atoms with Crippen LogP contribution in [0.3, 0.4) is 0 Å². The van der Waals surface area contributed by atoms with Gasteiger partial charge < -0.3 is 15.4 Å². The number of allylic oxidation sites excluding steroid dienone is 5.